The highest BCUT2D eigenvalue weighted by atomic mass is 79.9. The Morgan fingerprint density at radius 2 is 1.92 bits per heavy atom. The zero-order valence-electron chi connectivity index (χ0n) is 13.1. The van der Waals surface area contributed by atoms with Crippen molar-refractivity contribution in [1.29, 1.82) is 0 Å². The molecule has 0 bridgehead atoms. The van der Waals surface area contributed by atoms with Crippen molar-refractivity contribution in [2.24, 2.45) is 0 Å². The molecule has 24 heavy (non-hydrogen) atoms. The zero-order valence-corrected chi connectivity index (χ0v) is 14.7. The third kappa shape index (κ3) is 2.61. The molecule has 124 valence electrons. The van der Waals surface area contributed by atoms with Crippen LogP contribution < -0.4 is 10.6 Å². The quantitative estimate of drug-likeness (QED) is 0.622. The van der Waals surface area contributed by atoms with Crippen LogP contribution in [0.2, 0.25) is 0 Å². The summed E-state index contributed by atoms with van der Waals surface area (Å²) in [6, 6.07) is 11.7. The normalized spacial score (nSPS) is 19.5. The molecule has 6 heteroatoms. The first-order valence-corrected chi connectivity index (χ1v) is 8.39. The molecule has 0 unspecified atom stereocenters. The van der Waals surface area contributed by atoms with Crippen LogP contribution in [0.25, 0.3) is 0 Å². The molecule has 3 rings (SSSR count). The number of amides is 1. The molecule has 0 aliphatic carbocycles. The van der Waals surface area contributed by atoms with Gasteiger partial charge in [0.25, 0.3) is 5.91 Å². The zero-order chi connectivity index (χ0) is 17.5. The summed E-state index contributed by atoms with van der Waals surface area (Å²) in [4.78, 5) is 26.8. The van der Waals surface area contributed by atoms with Crippen molar-refractivity contribution in [3.05, 3.63) is 58.1 Å². The second-order valence-electron chi connectivity index (χ2n) is 5.79. The maximum Gasteiger partial charge on any atom is 0.264 e. The number of fused-ring (bicyclic) bond motifs is 1. The summed E-state index contributed by atoms with van der Waals surface area (Å²) in [6.07, 6.45) is -0.310. The number of carbonyl (C=O) groups excluding carboxylic acids is 2. The summed E-state index contributed by atoms with van der Waals surface area (Å²) in [7, 11) is 0. The fourth-order valence-electron chi connectivity index (χ4n) is 3.01. The summed E-state index contributed by atoms with van der Waals surface area (Å²) in [6.45, 7) is 2.25. The molecule has 1 aliphatic rings. The van der Waals surface area contributed by atoms with Gasteiger partial charge < -0.3 is 15.7 Å². The molecule has 1 atom stereocenters. The van der Waals surface area contributed by atoms with Crippen LogP contribution in [0.15, 0.2) is 46.9 Å². The second kappa shape index (κ2) is 6.03. The van der Waals surface area contributed by atoms with E-state index in [1.807, 2.05) is 13.0 Å². The van der Waals surface area contributed by atoms with Gasteiger partial charge in [-0.05, 0) is 49.4 Å². The Labute approximate surface area is 148 Å². The Kier molecular flexibility index (Phi) is 4.19. The summed E-state index contributed by atoms with van der Waals surface area (Å²) in [5, 5.41) is 11.1. The first-order valence-electron chi connectivity index (χ1n) is 7.60. The molecular formula is C18H17BrN2O3. The lowest BCUT2D eigenvalue weighted by Crippen LogP contribution is -2.41. The first kappa shape index (κ1) is 16.7. The van der Waals surface area contributed by atoms with E-state index in [0.717, 1.165) is 4.47 Å². The number of hydrogen-bond acceptors (Lipinski definition) is 4. The highest BCUT2D eigenvalue weighted by molar-refractivity contribution is 9.10. The average Bonchev–Trinajstić information content (AvgIpc) is 2.76. The molecule has 3 N–H and O–H groups in total. The Morgan fingerprint density at radius 3 is 2.54 bits per heavy atom. The van der Waals surface area contributed by atoms with E-state index < -0.39 is 11.5 Å². The number of Topliss-reactive ketones (excluding diaryl/α,β-unsaturated/α-hetero) is 1. The number of nitrogens with two attached hydrogens (primary N) is 1. The lowest BCUT2D eigenvalue weighted by atomic mass is 9.88. The minimum absolute atomic E-state index is 0.310. The van der Waals surface area contributed by atoms with Crippen LogP contribution in [0.5, 0.6) is 0 Å². The summed E-state index contributed by atoms with van der Waals surface area (Å²) in [5.41, 5.74) is 5.83. The molecule has 5 nitrogen and oxygen atoms in total. The number of nitrogens with zero attached hydrogens (tertiary/aromatic N) is 1. The standard InChI is InChI=1S/C18H17BrN2O3/c1-2-21-15-8-5-12(19)9-14(15)18(24,17(21)23)10-16(22)11-3-6-13(20)7-4-11/h3-9,24H,2,10,20H2,1H3/t18-/m0/s1. The number of aliphatic hydroxyl groups is 1. The SMILES string of the molecule is CCN1C(=O)[C@](O)(CC(=O)c2ccc(N)cc2)c2cc(Br)ccc21. The van der Waals surface area contributed by atoms with Crippen LogP contribution in [0.3, 0.4) is 0 Å². The molecular weight excluding hydrogens is 372 g/mol. The summed E-state index contributed by atoms with van der Waals surface area (Å²) in [5.74, 6) is -0.781. The van der Waals surface area contributed by atoms with Crippen molar-refractivity contribution in [1.82, 2.24) is 0 Å². The molecule has 1 amide bonds. The van der Waals surface area contributed by atoms with Crippen LogP contribution in [0.1, 0.15) is 29.3 Å². The Balaban J connectivity index is 2.00. The molecule has 1 heterocycles. The molecule has 0 saturated carbocycles. The van der Waals surface area contributed by atoms with Crippen LogP contribution in [-0.4, -0.2) is 23.3 Å². The van der Waals surface area contributed by atoms with Crippen LogP contribution in [0.4, 0.5) is 11.4 Å². The molecule has 0 saturated heterocycles. The predicted molar refractivity (Wildman–Crippen MR) is 95.9 cm³/mol. The van der Waals surface area contributed by atoms with Gasteiger partial charge in [-0.2, -0.15) is 0 Å². The molecule has 0 spiro atoms. The van der Waals surface area contributed by atoms with Crippen molar-refractivity contribution in [3.63, 3.8) is 0 Å². The van der Waals surface area contributed by atoms with Crippen molar-refractivity contribution < 1.29 is 14.7 Å². The van der Waals surface area contributed by atoms with E-state index in [1.165, 1.54) is 4.90 Å². The van der Waals surface area contributed by atoms with Gasteiger partial charge in [0.15, 0.2) is 11.4 Å². The molecule has 2 aromatic carbocycles. The Hall–Kier alpha value is -2.18. The van der Waals surface area contributed by atoms with Gasteiger partial charge in [-0.25, -0.2) is 0 Å². The van der Waals surface area contributed by atoms with Crippen molar-refractivity contribution in [3.8, 4) is 0 Å². The fourth-order valence-corrected chi connectivity index (χ4v) is 3.37. The summed E-state index contributed by atoms with van der Waals surface area (Å²) >= 11 is 3.36. The van der Waals surface area contributed by atoms with E-state index in [9.17, 15) is 14.7 Å². The van der Waals surface area contributed by atoms with Crippen molar-refractivity contribution >= 4 is 39.0 Å². The van der Waals surface area contributed by atoms with Gasteiger partial charge in [-0.3, -0.25) is 9.59 Å². The van der Waals surface area contributed by atoms with Gasteiger partial charge in [0.2, 0.25) is 0 Å². The van der Waals surface area contributed by atoms with Crippen molar-refractivity contribution in [2.45, 2.75) is 18.9 Å². The second-order valence-corrected chi connectivity index (χ2v) is 6.71. The number of nitrogen functional groups attached to an aromatic ring is 1. The Morgan fingerprint density at radius 1 is 1.25 bits per heavy atom. The number of ketones is 1. The number of likely N-dealkylation sites (N-methyl/N-ethyl adjacent to an activating group) is 1. The van der Waals surface area contributed by atoms with Crippen LogP contribution >= 0.6 is 15.9 Å². The maximum atomic E-state index is 12.7. The fraction of sp³-hybridized carbons (Fsp3) is 0.222. The number of hydrogen-bond donors (Lipinski definition) is 2. The smallest absolute Gasteiger partial charge is 0.264 e. The lowest BCUT2D eigenvalue weighted by molar-refractivity contribution is -0.135. The van der Waals surface area contributed by atoms with Gasteiger partial charge in [-0.15, -0.1) is 0 Å². The van der Waals surface area contributed by atoms with E-state index in [2.05, 4.69) is 15.9 Å². The number of halogens is 1. The van der Waals surface area contributed by atoms with E-state index in [-0.39, 0.29) is 12.2 Å². The monoisotopic (exact) mass is 388 g/mol. The third-order valence-corrected chi connectivity index (χ3v) is 4.75. The van der Waals surface area contributed by atoms with E-state index in [1.54, 1.807) is 36.4 Å². The predicted octanol–water partition coefficient (Wildman–Crippen LogP) is 2.86. The largest absolute Gasteiger partial charge is 0.399 e. The minimum atomic E-state index is -1.85. The van der Waals surface area contributed by atoms with Gasteiger partial charge in [0.1, 0.15) is 0 Å². The molecule has 0 radical (unpaired) electrons. The third-order valence-electron chi connectivity index (χ3n) is 4.26. The highest BCUT2D eigenvalue weighted by Crippen LogP contribution is 2.43. The molecule has 0 fully saturated rings. The highest BCUT2D eigenvalue weighted by Gasteiger charge is 2.50. The van der Waals surface area contributed by atoms with Gasteiger partial charge in [0, 0.05) is 27.8 Å². The summed E-state index contributed by atoms with van der Waals surface area (Å²) < 4.78 is 0.741. The van der Waals surface area contributed by atoms with E-state index in [4.69, 9.17) is 5.73 Å². The van der Waals surface area contributed by atoms with E-state index in [0.29, 0.717) is 29.0 Å². The maximum absolute atomic E-state index is 12.7. The van der Waals surface area contributed by atoms with Gasteiger partial charge in [-0.1, -0.05) is 15.9 Å². The Bertz CT molecular complexity index is 820. The molecule has 1 aliphatic heterocycles. The van der Waals surface area contributed by atoms with E-state index >= 15 is 0 Å². The minimum Gasteiger partial charge on any atom is -0.399 e. The van der Waals surface area contributed by atoms with Gasteiger partial charge >= 0.3 is 0 Å². The number of benzene rings is 2. The topological polar surface area (TPSA) is 83.6 Å². The average molecular weight is 389 g/mol. The first-order chi connectivity index (χ1) is 11.4. The van der Waals surface area contributed by atoms with Crippen molar-refractivity contribution in [2.75, 3.05) is 17.2 Å². The number of carbonyl (C=O) groups is 2. The molecule has 2 aromatic rings. The number of rotatable bonds is 4. The van der Waals surface area contributed by atoms with Crippen LogP contribution in [0, 0.1) is 0 Å². The van der Waals surface area contributed by atoms with Gasteiger partial charge in [0.05, 0.1) is 12.1 Å². The van der Waals surface area contributed by atoms with Crippen LogP contribution in [-0.2, 0) is 10.4 Å². The molecule has 0 aromatic heterocycles. The lowest BCUT2D eigenvalue weighted by Gasteiger charge is -2.22. The number of anilines is 2.